The highest BCUT2D eigenvalue weighted by molar-refractivity contribution is 4.90. The first-order valence-corrected chi connectivity index (χ1v) is 5.70. The van der Waals surface area contributed by atoms with Crippen LogP contribution < -0.4 is 0 Å². The highest BCUT2D eigenvalue weighted by Crippen LogP contribution is 2.26. The molecule has 4 heteroatoms. The zero-order valence-corrected chi connectivity index (χ0v) is 9.78. The topological polar surface area (TPSA) is 52.9 Å². The lowest BCUT2D eigenvalue weighted by molar-refractivity contribution is -0.0133. The van der Waals surface area contributed by atoms with Crippen molar-refractivity contribution < 1.29 is 14.9 Å². The molecule has 1 saturated heterocycles. The molecule has 1 aliphatic heterocycles. The average Bonchev–Trinajstić information content (AvgIpc) is 2.59. The average molecular weight is 217 g/mol. The van der Waals surface area contributed by atoms with Crippen molar-refractivity contribution in [3.63, 3.8) is 0 Å². The van der Waals surface area contributed by atoms with E-state index < -0.39 is 5.60 Å². The molecule has 0 aromatic rings. The zero-order chi connectivity index (χ0) is 11.3. The summed E-state index contributed by atoms with van der Waals surface area (Å²) in [6, 6.07) is 0.246. The number of nitrogens with zero attached hydrogens (tertiary/aromatic N) is 1. The maximum atomic E-state index is 9.97. The van der Waals surface area contributed by atoms with Crippen LogP contribution in [-0.2, 0) is 4.74 Å². The van der Waals surface area contributed by atoms with Gasteiger partial charge in [0.15, 0.2) is 0 Å². The van der Waals surface area contributed by atoms with Crippen molar-refractivity contribution in [3.05, 3.63) is 0 Å². The van der Waals surface area contributed by atoms with E-state index in [0.29, 0.717) is 13.2 Å². The van der Waals surface area contributed by atoms with Gasteiger partial charge in [-0.1, -0.05) is 0 Å². The molecule has 4 nitrogen and oxygen atoms in total. The van der Waals surface area contributed by atoms with Crippen molar-refractivity contribution in [2.75, 3.05) is 32.9 Å². The van der Waals surface area contributed by atoms with E-state index in [0.717, 1.165) is 25.9 Å². The van der Waals surface area contributed by atoms with Gasteiger partial charge in [-0.3, -0.25) is 4.90 Å². The highest BCUT2D eigenvalue weighted by atomic mass is 16.5. The van der Waals surface area contributed by atoms with E-state index >= 15 is 0 Å². The number of aliphatic hydroxyl groups excluding tert-OH is 1. The molecule has 0 saturated carbocycles. The van der Waals surface area contributed by atoms with Gasteiger partial charge in [-0.05, 0) is 33.2 Å². The lowest BCUT2D eigenvalue weighted by Gasteiger charge is -2.33. The number of ether oxygens (including phenoxy) is 1. The van der Waals surface area contributed by atoms with Crippen molar-refractivity contribution in [2.24, 2.45) is 0 Å². The van der Waals surface area contributed by atoms with Gasteiger partial charge >= 0.3 is 0 Å². The third kappa shape index (κ3) is 4.07. The Morgan fingerprint density at radius 3 is 2.73 bits per heavy atom. The fourth-order valence-corrected chi connectivity index (χ4v) is 2.24. The van der Waals surface area contributed by atoms with E-state index in [1.807, 2.05) is 13.8 Å². The predicted molar refractivity (Wildman–Crippen MR) is 58.8 cm³/mol. The SMILES string of the molecule is CC(C)(O)C1CCCN1CCOCCO. The van der Waals surface area contributed by atoms with Crippen molar-refractivity contribution in [2.45, 2.75) is 38.3 Å². The zero-order valence-electron chi connectivity index (χ0n) is 9.78. The van der Waals surface area contributed by atoms with Crippen LogP contribution in [-0.4, -0.2) is 59.7 Å². The van der Waals surface area contributed by atoms with Gasteiger partial charge in [0.25, 0.3) is 0 Å². The Bertz CT molecular complexity index is 179. The smallest absolute Gasteiger partial charge is 0.0746 e. The minimum absolute atomic E-state index is 0.0783. The highest BCUT2D eigenvalue weighted by Gasteiger charge is 2.35. The van der Waals surface area contributed by atoms with E-state index in [2.05, 4.69) is 4.90 Å². The Balaban J connectivity index is 2.28. The molecule has 1 atom stereocenters. The standard InChI is InChI=1S/C11H23NO3/c1-11(2,14)10-4-3-5-12(10)6-8-15-9-7-13/h10,13-14H,3-9H2,1-2H3. The van der Waals surface area contributed by atoms with Crippen molar-refractivity contribution in [1.29, 1.82) is 0 Å². The summed E-state index contributed by atoms with van der Waals surface area (Å²) in [7, 11) is 0. The molecule has 0 amide bonds. The van der Waals surface area contributed by atoms with Gasteiger partial charge in [0.05, 0.1) is 25.4 Å². The summed E-state index contributed by atoms with van der Waals surface area (Å²) in [6.07, 6.45) is 2.21. The second-order valence-corrected chi connectivity index (χ2v) is 4.68. The lowest BCUT2D eigenvalue weighted by Crippen LogP contribution is -2.46. The first kappa shape index (κ1) is 12.9. The molecule has 0 spiro atoms. The number of aliphatic hydroxyl groups is 2. The number of rotatable bonds is 6. The first-order chi connectivity index (χ1) is 7.05. The fraction of sp³-hybridized carbons (Fsp3) is 1.00. The van der Waals surface area contributed by atoms with Gasteiger partial charge in [-0.15, -0.1) is 0 Å². The monoisotopic (exact) mass is 217 g/mol. The minimum Gasteiger partial charge on any atom is -0.394 e. The van der Waals surface area contributed by atoms with Gasteiger partial charge < -0.3 is 14.9 Å². The second kappa shape index (κ2) is 5.80. The normalized spacial score (nSPS) is 23.6. The van der Waals surface area contributed by atoms with Gasteiger partial charge in [0.2, 0.25) is 0 Å². The second-order valence-electron chi connectivity index (χ2n) is 4.68. The van der Waals surface area contributed by atoms with Crippen molar-refractivity contribution in [3.8, 4) is 0 Å². The Morgan fingerprint density at radius 2 is 2.13 bits per heavy atom. The Morgan fingerprint density at radius 1 is 1.40 bits per heavy atom. The molecule has 15 heavy (non-hydrogen) atoms. The van der Waals surface area contributed by atoms with Gasteiger partial charge in [0.1, 0.15) is 0 Å². The van der Waals surface area contributed by atoms with Crippen molar-refractivity contribution in [1.82, 2.24) is 4.90 Å². The Labute approximate surface area is 91.8 Å². The third-order valence-corrected chi connectivity index (χ3v) is 2.94. The molecule has 0 aliphatic carbocycles. The first-order valence-electron chi connectivity index (χ1n) is 5.70. The number of hydrogen-bond acceptors (Lipinski definition) is 4. The Hall–Kier alpha value is -0.160. The summed E-state index contributed by atoms with van der Waals surface area (Å²) in [6.45, 7) is 6.73. The molecule has 0 aromatic heterocycles. The van der Waals surface area contributed by atoms with Gasteiger partial charge in [0, 0.05) is 12.6 Å². The molecule has 0 bridgehead atoms. The van der Waals surface area contributed by atoms with Crippen LogP contribution in [0.5, 0.6) is 0 Å². The van der Waals surface area contributed by atoms with Crippen LogP contribution in [0.4, 0.5) is 0 Å². The molecule has 0 radical (unpaired) electrons. The molecular weight excluding hydrogens is 194 g/mol. The summed E-state index contributed by atoms with van der Waals surface area (Å²) in [5.41, 5.74) is -0.631. The molecule has 1 heterocycles. The lowest BCUT2D eigenvalue weighted by atomic mass is 9.97. The summed E-state index contributed by atoms with van der Waals surface area (Å²) in [5.74, 6) is 0. The van der Waals surface area contributed by atoms with Crippen LogP contribution >= 0.6 is 0 Å². The molecule has 1 rings (SSSR count). The van der Waals surface area contributed by atoms with E-state index in [9.17, 15) is 5.11 Å². The third-order valence-electron chi connectivity index (χ3n) is 2.94. The van der Waals surface area contributed by atoms with Crippen LogP contribution in [0.1, 0.15) is 26.7 Å². The van der Waals surface area contributed by atoms with E-state index in [4.69, 9.17) is 9.84 Å². The largest absolute Gasteiger partial charge is 0.394 e. The van der Waals surface area contributed by atoms with Crippen LogP contribution in [0.2, 0.25) is 0 Å². The van der Waals surface area contributed by atoms with Gasteiger partial charge in [-0.25, -0.2) is 0 Å². The molecule has 90 valence electrons. The predicted octanol–water partition coefficient (Wildman–Crippen LogP) is 0.231. The maximum absolute atomic E-state index is 9.97. The minimum atomic E-state index is -0.631. The maximum Gasteiger partial charge on any atom is 0.0746 e. The number of hydrogen-bond donors (Lipinski definition) is 2. The molecule has 2 N–H and O–H groups in total. The molecule has 0 aromatic carbocycles. The summed E-state index contributed by atoms with van der Waals surface area (Å²) >= 11 is 0. The van der Waals surface area contributed by atoms with Crippen molar-refractivity contribution >= 4 is 0 Å². The summed E-state index contributed by atoms with van der Waals surface area (Å²) < 4.78 is 5.23. The Kier molecular flexibility index (Phi) is 4.99. The molecule has 1 aliphatic rings. The van der Waals surface area contributed by atoms with Gasteiger partial charge in [-0.2, -0.15) is 0 Å². The van der Waals surface area contributed by atoms with E-state index in [1.54, 1.807) is 0 Å². The van der Waals surface area contributed by atoms with Crippen LogP contribution in [0.3, 0.4) is 0 Å². The van der Waals surface area contributed by atoms with Crippen LogP contribution in [0.25, 0.3) is 0 Å². The number of likely N-dealkylation sites (tertiary alicyclic amines) is 1. The summed E-state index contributed by atoms with van der Waals surface area (Å²) in [5, 5.41) is 18.5. The van der Waals surface area contributed by atoms with Crippen LogP contribution in [0, 0.1) is 0 Å². The van der Waals surface area contributed by atoms with E-state index in [-0.39, 0.29) is 12.6 Å². The van der Waals surface area contributed by atoms with Crippen LogP contribution in [0.15, 0.2) is 0 Å². The molecule has 1 fully saturated rings. The quantitative estimate of drug-likeness (QED) is 0.625. The molecule has 1 unspecified atom stereocenters. The summed E-state index contributed by atoms with van der Waals surface area (Å²) in [4.78, 5) is 2.28. The van der Waals surface area contributed by atoms with E-state index in [1.165, 1.54) is 0 Å². The molecular formula is C11H23NO3. The fourth-order valence-electron chi connectivity index (χ4n) is 2.24.